The van der Waals surface area contributed by atoms with E-state index < -0.39 is 23.7 Å². The van der Waals surface area contributed by atoms with Crippen molar-refractivity contribution in [1.82, 2.24) is 0 Å². The summed E-state index contributed by atoms with van der Waals surface area (Å²) in [5, 5.41) is 0. The van der Waals surface area contributed by atoms with Gasteiger partial charge in [0.15, 0.2) is 0 Å². The van der Waals surface area contributed by atoms with Crippen LogP contribution >= 0.6 is 0 Å². The molecule has 2 rings (SSSR count). The molecule has 23 heavy (non-hydrogen) atoms. The molecule has 122 valence electrons. The van der Waals surface area contributed by atoms with Gasteiger partial charge in [0.05, 0.1) is 19.8 Å². The van der Waals surface area contributed by atoms with E-state index in [0.29, 0.717) is 11.3 Å². The van der Waals surface area contributed by atoms with E-state index in [1.165, 1.54) is 46.3 Å². The molecule has 1 heterocycles. The highest BCUT2D eigenvalue weighted by Crippen LogP contribution is 2.26. The second-order valence-corrected chi connectivity index (χ2v) is 5.22. The molecule has 0 amide bonds. The van der Waals surface area contributed by atoms with Gasteiger partial charge >= 0.3 is 17.9 Å². The number of cyclic esters (lactones) is 2. The van der Waals surface area contributed by atoms with E-state index in [4.69, 9.17) is 14.2 Å². The lowest BCUT2D eigenvalue weighted by atomic mass is 10.1. The number of rotatable bonds is 3. The zero-order valence-corrected chi connectivity index (χ0v) is 13.2. The van der Waals surface area contributed by atoms with Crippen LogP contribution in [0.1, 0.15) is 29.8 Å². The molecule has 0 atom stereocenters. The summed E-state index contributed by atoms with van der Waals surface area (Å²) >= 11 is 0. The normalized spacial score (nSPS) is 16.3. The van der Waals surface area contributed by atoms with Gasteiger partial charge in [-0.25, -0.2) is 14.4 Å². The zero-order valence-electron chi connectivity index (χ0n) is 13.2. The highest BCUT2D eigenvalue weighted by Gasteiger charge is 2.38. The van der Waals surface area contributed by atoms with E-state index in [1.54, 1.807) is 6.07 Å². The molecule has 1 saturated heterocycles. The number of hydrogen-bond donors (Lipinski definition) is 0. The fourth-order valence-corrected chi connectivity index (χ4v) is 2.00. The molecule has 1 fully saturated rings. The number of ether oxygens (including phenoxy) is 4. The molecule has 0 aliphatic carbocycles. The first kappa shape index (κ1) is 16.5. The summed E-state index contributed by atoms with van der Waals surface area (Å²) in [5.41, 5.74) is 0.346. The highest BCUT2D eigenvalue weighted by atomic mass is 16.7. The van der Waals surface area contributed by atoms with E-state index in [2.05, 4.69) is 4.74 Å². The molecule has 1 aliphatic rings. The Morgan fingerprint density at radius 3 is 2.22 bits per heavy atom. The number of carbonyl (C=O) groups excluding carboxylic acids is 3. The maximum atomic E-state index is 11.9. The van der Waals surface area contributed by atoms with Crippen molar-refractivity contribution in [2.75, 3.05) is 14.2 Å². The first-order chi connectivity index (χ1) is 10.8. The van der Waals surface area contributed by atoms with Crippen LogP contribution in [0.4, 0.5) is 0 Å². The molecule has 0 aromatic heterocycles. The van der Waals surface area contributed by atoms with Crippen LogP contribution in [-0.2, 0) is 23.8 Å². The van der Waals surface area contributed by atoms with Crippen LogP contribution < -0.4 is 4.74 Å². The Labute approximate surface area is 132 Å². The third-order valence-corrected chi connectivity index (χ3v) is 3.01. The van der Waals surface area contributed by atoms with Crippen LogP contribution in [0.25, 0.3) is 6.08 Å². The standard InChI is InChI=1S/C16H16O7/c1-16(2)22-14(18)12(15(19)23-16)7-9-5-10(13(17)21-4)8-11(6-9)20-3/h5-8H,1-4H3. The van der Waals surface area contributed by atoms with Gasteiger partial charge in [0, 0.05) is 13.8 Å². The summed E-state index contributed by atoms with van der Waals surface area (Å²) in [6.45, 7) is 2.92. The maximum absolute atomic E-state index is 11.9. The van der Waals surface area contributed by atoms with Crippen LogP contribution in [0.5, 0.6) is 5.75 Å². The Hall–Kier alpha value is -2.83. The van der Waals surface area contributed by atoms with Gasteiger partial charge in [0.2, 0.25) is 0 Å². The third kappa shape index (κ3) is 3.68. The summed E-state index contributed by atoms with van der Waals surface area (Å²) in [4.78, 5) is 35.5. The number of methoxy groups -OCH3 is 2. The minimum atomic E-state index is -1.31. The van der Waals surface area contributed by atoms with E-state index in [-0.39, 0.29) is 11.1 Å². The molecule has 7 heteroatoms. The van der Waals surface area contributed by atoms with Crippen LogP contribution in [0.15, 0.2) is 23.8 Å². The van der Waals surface area contributed by atoms with Crippen LogP contribution in [0.3, 0.4) is 0 Å². The van der Waals surface area contributed by atoms with Crippen molar-refractivity contribution < 1.29 is 33.3 Å². The largest absolute Gasteiger partial charge is 0.497 e. The Morgan fingerprint density at radius 1 is 1.09 bits per heavy atom. The van der Waals surface area contributed by atoms with Gasteiger partial charge in [-0.3, -0.25) is 0 Å². The molecule has 0 radical (unpaired) electrons. The highest BCUT2D eigenvalue weighted by molar-refractivity contribution is 6.19. The summed E-state index contributed by atoms with van der Waals surface area (Å²) in [7, 11) is 2.68. The van der Waals surface area contributed by atoms with Crippen molar-refractivity contribution in [3.05, 3.63) is 34.9 Å². The second kappa shape index (κ2) is 6.12. The van der Waals surface area contributed by atoms with E-state index in [1.807, 2.05) is 0 Å². The number of carbonyl (C=O) groups is 3. The zero-order chi connectivity index (χ0) is 17.2. The minimum Gasteiger partial charge on any atom is -0.497 e. The lowest BCUT2D eigenvalue weighted by Crippen LogP contribution is -2.41. The molecule has 0 saturated carbocycles. The molecule has 1 aromatic carbocycles. The fourth-order valence-electron chi connectivity index (χ4n) is 2.00. The molecular weight excluding hydrogens is 304 g/mol. The van der Waals surface area contributed by atoms with Gasteiger partial charge in [-0.15, -0.1) is 0 Å². The summed E-state index contributed by atoms with van der Waals surface area (Å²) in [5.74, 6) is -3.10. The lowest BCUT2D eigenvalue weighted by molar-refractivity contribution is -0.222. The quantitative estimate of drug-likeness (QED) is 0.476. The topological polar surface area (TPSA) is 88.1 Å². The van der Waals surface area contributed by atoms with Crippen LogP contribution in [0, 0.1) is 0 Å². The van der Waals surface area contributed by atoms with E-state index in [0.717, 1.165) is 0 Å². The number of benzene rings is 1. The van der Waals surface area contributed by atoms with Crippen molar-refractivity contribution >= 4 is 24.0 Å². The Balaban J connectivity index is 2.44. The lowest BCUT2D eigenvalue weighted by Gasteiger charge is -2.29. The summed E-state index contributed by atoms with van der Waals surface area (Å²) in [6, 6.07) is 4.50. The van der Waals surface area contributed by atoms with Gasteiger partial charge < -0.3 is 18.9 Å². The van der Waals surface area contributed by atoms with Crippen molar-refractivity contribution in [1.29, 1.82) is 0 Å². The Kier molecular flexibility index (Phi) is 4.40. The van der Waals surface area contributed by atoms with Gasteiger partial charge in [-0.1, -0.05) is 0 Å². The molecule has 0 N–H and O–H groups in total. The number of hydrogen-bond acceptors (Lipinski definition) is 7. The van der Waals surface area contributed by atoms with Crippen molar-refractivity contribution in [3.8, 4) is 5.75 Å². The molecule has 0 bridgehead atoms. The molecule has 0 unspecified atom stereocenters. The first-order valence-electron chi connectivity index (χ1n) is 6.71. The van der Waals surface area contributed by atoms with Crippen molar-refractivity contribution in [2.45, 2.75) is 19.6 Å². The van der Waals surface area contributed by atoms with Gasteiger partial charge in [0.25, 0.3) is 5.79 Å². The number of esters is 3. The smallest absolute Gasteiger partial charge is 0.348 e. The third-order valence-electron chi connectivity index (χ3n) is 3.01. The average Bonchev–Trinajstić information content (AvgIpc) is 2.48. The summed E-state index contributed by atoms with van der Waals surface area (Å²) < 4.78 is 19.8. The molecular formula is C16H16O7. The van der Waals surface area contributed by atoms with Gasteiger partial charge in [-0.2, -0.15) is 0 Å². The molecule has 1 aliphatic heterocycles. The van der Waals surface area contributed by atoms with Gasteiger partial charge in [-0.05, 0) is 29.8 Å². The monoisotopic (exact) mass is 320 g/mol. The van der Waals surface area contributed by atoms with E-state index >= 15 is 0 Å². The predicted molar refractivity (Wildman–Crippen MR) is 78.6 cm³/mol. The van der Waals surface area contributed by atoms with Crippen LogP contribution in [-0.4, -0.2) is 37.9 Å². The van der Waals surface area contributed by atoms with Crippen LogP contribution in [0.2, 0.25) is 0 Å². The molecule has 1 aromatic rings. The first-order valence-corrected chi connectivity index (χ1v) is 6.71. The Morgan fingerprint density at radius 2 is 1.70 bits per heavy atom. The second-order valence-electron chi connectivity index (χ2n) is 5.22. The predicted octanol–water partition coefficient (Wildman–Crippen LogP) is 1.70. The molecule has 7 nitrogen and oxygen atoms in total. The Bertz CT molecular complexity index is 678. The molecule has 0 spiro atoms. The fraction of sp³-hybridized carbons (Fsp3) is 0.312. The maximum Gasteiger partial charge on any atom is 0.348 e. The average molecular weight is 320 g/mol. The van der Waals surface area contributed by atoms with Crippen molar-refractivity contribution in [3.63, 3.8) is 0 Å². The SMILES string of the molecule is COC(=O)c1cc(C=C2C(=O)OC(C)(C)OC2=O)cc(OC)c1. The van der Waals surface area contributed by atoms with Crippen molar-refractivity contribution in [2.24, 2.45) is 0 Å². The van der Waals surface area contributed by atoms with Gasteiger partial charge in [0.1, 0.15) is 11.3 Å². The minimum absolute atomic E-state index is 0.219. The van der Waals surface area contributed by atoms with E-state index in [9.17, 15) is 14.4 Å². The summed E-state index contributed by atoms with van der Waals surface area (Å²) in [6.07, 6.45) is 1.27.